The van der Waals surface area contributed by atoms with Gasteiger partial charge in [-0.25, -0.2) is 0 Å². The van der Waals surface area contributed by atoms with E-state index in [1.54, 1.807) is 0 Å². The molecule has 5 heteroatoms. The van der Waals surface area contributed by atoms with E-state index in [1.165, 1.54) is 0 Å². The number of hydrogen-bond acceptors (Lipinski definition) is 4. The molecule has 1 N–H and O–H groups in total. The minimum atomic E-state index is 0.00787. The number of carbonyl (C=O) groups excluding carboxylic acids is 1. The average Bonchev–Trinajstić information content (AvgIpc) is 3.31. The number of aromatic nitrogens is 1. The maximum Gasteiger partial charge on any atom is 0.193 e. The van der Waals surface area contributed by atoms with Gasteiger partial charge in [-0.1, -0.05) is 29.4 Å². The standard InChI is InChI=1S/C24H20N2O3/c1-3-26-20-10-8-15(23(27)16-7-5-4-6-14(16)2)12-18(20)22-21(26)11-9-17-19(25-28)13-29-24(17)22/h4-12,28H,3,13H2,1-2H3/b25-19-. The molecule has 5 nitrogen and oxygen atoms in total. The third-order valence-electron chi connectivity index (χ3n) is 5.74. The van der Waals surface area contributed by atoms with Crippen molar-refractivity contribution in [3.8, 4) is 5.75 Å². The third-order valence-corrected chi connectivity index (χ3v) is 5.74. The molecule has 0 amide bonds. The first-order valence-corrected chi connectivity index (χ1v) is 9.67. The molecular weight excluding hydrogens is 364 g/mol. The molecule has 2 heterocycles. The molecule has 1 aliphatic rings. The zero-order valence-corrected chi connectivity index (χ0v) is 16.3. The minimum absolute atomic E-state index is 0.00787. The van der Waals surface area contributed by atoms with Crippen LogP contribution in [0.15, 0.2) is 59.8 Å². The SMILES string of the molecule is CCn1c2ccc(C(=O)c3ccccc3C)cc2c2c3c(ccc21)/C(=N\O)CO3. The molecule has 5 rings (SSSR count). The van der Waals surface area contributed by atoms with Gasteiger partial charge in [-0.2, -0.15) is 0 Å². The molecule has 0 aliphatic carbocycles. The van der Waals surface area contributed by atoms with E-state index in [1.807, 2.05) is 61.5 Å². The minimum Gasteiger partial charge on any atom is -0.486 e. The summed E-state index contributed by atoms with van der Waals surface area (Å²) in [7, 11) is 0. The number of oxime groups is 1. The first-order valence-electron chi connectivity index (χ1n) is 9.67. The average molecular weight is 384 g/mol. The molecule has 0 saturated heterocycles. The van der Waals surface area contributed by atoms with Crippen molar-refractivity contribution in [2.24, 2.45) is 5.16 Å². The molecule has 0 spiro atoms. The van der Waals surface area contributed by atoms with Crippen LogP contribution < -0.4 is 4.74 Å². The highest BCUT2D eigenvalue weighted by atomic mass is 16.5. The lowest BCUT2D eigenvalue weighted by atomic mass is 9.97. The second-order valence-electron chi connectivity index (χ2n) is 7.29. The molecule has 144 valence electrons. The van der Waals surface area contributed by atoms with E-state index in [2.05, 4.69) is 16.6 Å². The summed E-state index contributed by atoms with van der Waals surface area (Å²) in [6.07, 6.45) is 0. The fourth-order valence-electron chi connectivity index (χ4n) is 4.30. The van der Waals surface area contributed by atoms with Crippen molar-refractivity contribution in [1.29, 1.82) is 0 Å². The Labute approximate surface area is 167 Å². The Hall–Kier alpha value is -3.60. The predicted molar refractivity (Wildman–Crippen MR) is 114 cm³/mol. The smallest absolute Gasteiger partial charge is 0.193 e. The van der Waals surface area contributed by atoms with Crippen molar-refractivity contribution in [2.75, 3.05) is 6.61 Å². The number of rotatable bonds is 3. The van der Waals surface area contributed by atoms with Gasteiger partial charge >= 0.3 is 0 Å². The van der Waals surface area contributed by atoms with Crippen LogP contribution >= 0.6 is 0 Å². The molecule has 0 fully saturated rings. The van der Waals surface area contributed by atoms with Crippen molar-refractivity contribution in [2.45, 2.75) is 20.4 Å². The lowest BCUT2D eigenvalue weighted by molar-refractivity contribution is 0.103. The Morgan fingerprint density at radius 3 is 2.69 bits per heavy atom. The van der Waals surface area contributed by atoms with Gasteiger partial charge in [0.2, 0.25) is 0 Å². The summed E-state index contributed by atoms with van der Waals surface area (Å²) in [5, 5.41) is 14.6. The fourth-order valence-corrected chi connectivity index (χ4v) is 4.30. The van der Waals surface area contributed by atoms with Gasteiger partial charge in [0.1, 0.15) is 18.1 Å². The van der Waals surface area contributed by atoms with Crippen LogP contribution in [0.2, 0.25) is 0 Å². The largest absolute Gasteiger partial charge is 0.486 e. The van der Waals surface area contributed by atoms with Crippen LogP contribution in [-0.4, -0.2) is 27.9 Å². The summed E-state index contributed by atoms with van der Waals surface area (Å²) in [5.41, 5.74) is 5.73. The molecular formula is C24H20N2O3. The summed E-state index contributed by atoms with van der Waals surface area (Å²) >= 11 is 0. The van der Waals surface area contributed by atoms with E-state index < -0.39 is 0 Å². The summed E-state index contributed by atoms with van der Waals surface area (Å²) in [6.45, 7) is 5.08. The second kappa shape index (κ2) is 6.48. The molecule has 0 saturated carbocycles. The number of nitrogens with zero attached hydrogens (tertiary/aromatic N) is 2. The van der Waals surface area contributed by atoms with Crippen LogP contribution in [0.1, 0.15) is 34.0 Å². The summed E-state index contributed by atoms with van der Waals surface area (Å²) < 4.78 is 8.11. The van der Waals surface area contributed by atoms with E-state index in [4.69, 9.17) is 4.74 Å². The van der Waals surface area contributed by atoms with Crippen molar-refractivity contribution in [1.82, 2.24) is 4.57 Å². The van der Waals surface area contributed by atoms with E-state index in [0.717, 1.165) is 39.5 Å². The lowest BCUT2D eigenvalue weighted by Crippen LogP contribution is -2.03. The number of ketones is 1. The molecule has 0 atom stereocenters. The molecule has 29 heavy (non-hydrogen) atoms. The number of benzene rings is 3. The number of ether oxygens (including phenoxy) is 1. The molecule has 0 radical (unpaired) electrons. The molecule has 0 unspecified atom stereocenters. The van der Waals surface area contributed by atoms with Gasteiger partial charge in [0.15, 0.2) is 5.78 Å². The Bertz CT molecular complexity index is 1330. The first kappa shape index (κ1) is 17.5. The van der Waals surface area contributed by atoms with Crippen molar-refractivity contribution in [3.05, 3.63) is 76.9 Å². The second-order valence-corrected chi connectivity index (χ2v) is 7.29. The molecule has 1 aromatic heterocycles. The lowest BCUT2D eigenvalue weighted by Gasteiger charge is -2.06. The molecule has 1 aliphatic heterocycles. The topological polar surface area (TPSA) is 63.8 Å². The van der Waals surface area contributed by atoms with Crippen molar-refractivity contribution < 1.29 is 14.7 Å². The Kier molecular flexibility index (Phi) is 3.91. The number of hydrogen-bond donors (Lipinski definition) is 1. The van der Waals surface area contributed by atoms with Gasteiger partial charge < -0.3 is 14.5 Å². The molecule has 0 bridgehead atoms. The Balaban J connectivity index is 1.79. The van der Waals surface area contributed by atoms with Crippen LogP contribution in [-0.2, 0) is 6.54 Å². The highest BCUT2D eigenvalue weighted by molar-refractivity contribution is 6.20. The van der Waals surface area contributed by atoms with Gasteiger partial charge in [0, 0.05) is 34.1 Å². The Morgan fingerprint density at radius 2 is 1.93 bits per heavy atom. The highest BCUT2D eigenvalue weighted by Gasteiger charge is 2.26. The van der Waals surface area contributed by atoms with Crippen LogP contribution in [0, 0.1) is 6.92 Å². The van der Waals surface area contributed by atoms with Crippen LogP contribution in [0.5, 0.6) is 5.75 Å². The van der Waals surface area contributed by atoms with Gasteiger partial charge in [0.05, 0.1) is 10.9 Å². The third kappa shape index (κ3) is 2.47. The highest BCUT2D eigenvalue weighted by Crippen LogP contribution is 2.41. The fraction of sp³-hybridized carbons (Fsp3) is 0.167. The maximum atomic E-state index is 13.2. The number of fused-ring (bicyclic) bond motifs is 5. The quantitative estimate of drug-likeness (QED) is 0.310. The molecule has 4 aromatic rings. The van der Waals surface area contributed by atoms with Gasteiger partial charge in [0.25, 0.3) is 0 Å². The van der Waals surface area contributed by atoms with Crippen LogP contribution in [0.3, 0.4) is 0 Å². The van der Waals surface area contributed by atoms with E-state index in [9.17, 15) is 10.0 Å². The maximum absolute atomic E-state index is 13.2. The zero-order chi connectivity index (χ0) is 20.1. The van der Waals surface area contributed by atoms with Gasteiger partial charge in [-0.05, 0) is 49.7 Å². The van der Waals surface area contributed by atoms with Crippen molar-refractivity contribution >= 4 is 33.3 Å². The van der Waals surface area contributed by atoms with Crippen LogP contribution in [0.25, 0.3) is 21.8 Å². The monoisotopic (exact) mass is 384 g/mol. The predicted octanol–water partition coefficient (Wildman–Crippen LogP) is 4.92. The van der Waals surface area contributed by atoms with Crippen molar-refractivity contribution in [3.63, 3.8) is 0 Å². The number of carbonyl (C=O) groups is 1. The van der Waals surface area contributed by atoms with Gasteiger partial charge in [-0.3, -0.25) is 4.79 Å². The van der Waals surface area contributed by atoms with E-state index >= 15 is 0 Å². The summed E-state index contributed by atoms with van der Waals surface area (Å²) in [6, 6.07) is 17.5. The Morgan fingerprint density at radius 1 is 1.14 bits per heavy atom. The first-order chi connectivity index (χ1) is 14.1. The number of aryl methyl sites for hydroxylation is 2. The normalized spacial score (nSPS) is 14.5. The summed E-state index contributed by atoms with van der Waals surface area (Å²) in [5.74, 6) is 0.724. The van der Waals surface area contributed by atoms with Gasteiger partial charge in [-0.15, -0.1) is 0 Å². The molecule has 3 aromatic carbocycles. The summed E-state index contributed by atoms with van der Waals surface area (Å²) in [4.78, 5) is 13.2. The van der Waals surface area contributed by atoms with Crippen LogP contribution in [0.4, 0.5) is 0 Å². The zero-order valence-electron chi connectivity index (χ0n) is 16.3. The van der Waals surface area contributed by atoms with E-state index in [0.29, 0.717) is 22.6 Å². The van der Waals surface area contributed by atoms with E-state index in [-0.39, 0.29) is 12.4 Å².